The van der Waals surface area contributed by atoms with Crippen LogP contribution in [0.4, 0.5) is 28.4 Å². The van der Waals surface area contributed by atoms with Crippen molar-refractivity contribution in [1.29, 1.82) is 0 Å². The molecule has 2 nitrogen and oxygen atoms in total. The minimum Gasteiger partial charge on any atom is -0.376 e. The summed E-state index contributed by atoms with van der Waals surface area (Å²) in [5, 5.41) is 0. The minimum absolute atomic E-state index is 0.0197. The summed E-state index contributed by atoms with van der Waals surface area (Å²) in [6.07, 6.45) is 0. The number of fused-ring (bicyclic) bond motifs is 6. The van der Waals surface area contributed by atoms with Crippen LogP contribution >= 0.6 is 11.8 Å². The number of benzene rings is 7. The Kier molecular flexibility index (Phi) is 6.94. The monoisotopic (exact) mass is 686 g/mol. The number of hydrogen-bond donors (Lipinski definition) is 0. The highest BCUT2D eigenvalue weighted by Gasteiger charge is 2.46. The van der Waals surface area contributed by atoms with Crippen molar-refractivity contribution in [1.82, 2.24) is 0 Å². The minimum atomic E-state index is -0.149. The number of nitrogens with zero attached hydrogens (tertiary/aromatic N) is 2. The molecule has 0 fully saturated rings. The van der Waals surface area contributed by atoms with E-state index < -0.39 is 0 Å². The predicted molar refractivity (Wildman–Crippen MR) is 223 cm³/mol. The van der Waals surface area contributed by atoms with Crippen LogP contribution in [0.2, 0.25) is 0 Å². The second-order valence-electron chi connectivity index (χ2n) is 15.1. The molecule has 0 saturated heterocycles. The number of hydrogen-bond acceptors (Lipinski definition) is 3. The summed E-state index contributed by atoms with van der Waals surface area (Å²) in [7, 11) is 0. The highest BCUT2D eigenvalue weighted by molar-refractivity contribution is 7.99. The summed E-state index contributed by atoms with van der Waals surface area (Å²) in [5.74, 6) is 0. The van der Waals surface area contributed by atoms with Crippen LogP contribution in [0, 0.1) is 20.8 Å². The third-order valence-corrected chi connectivity index (χ3v) is 12.8. The van der Waals surface area contributed by atoms with E-state index in [1.807, 2.05) is 11.8 Å². The van der Waals surface area contributed by atoms with E-state index in [1.165, 1.54) is 99.2 Å². The van der Waals surface area contributed by atoms with Crippen LogP contribution in [0.3, 0.4) is 0 Å². The maximum absolute atomic E-state index is 2.66. The first kappa shape index (κ1) is 31.3. The lowest BCUT2D eigenvalue weighted by Gasteiger charge is -2.47. The fourth-order valence-electron chi connectivity index (χ4n) is 9.21. The fraction of sp³-hybridized carbons (Fsp3) is 0.125. The van der Waals surface area contributed by atoms with Crippen LogP contribution in [0.15, 0.2) is 155 Å². The Morgan fingerprint density at radius 1 is 0.519 bits per heavy atom. The summed E-state index contributed by atoms with van der Waals surface area (Å²) in [4.78, 5) is 7.85. The molecule has 0 radical (unpaired) electrons. The zero-order chi connectivity index (χ0) is 35.3. The van der Waals surface area contributed by atoms with E-state index in [9.17, 15) is 0 Å². The van der Waals surface area contributed by atoms with Gasteiger partial charge in [0.2, 0.25) is 0 Å². The summed E-state index contributed by atoms with van der Waals surface area (Å²) in [6, 6.07) is 54.6. The second-order valence-corrected chi connectivity index (χ2v) is 16.2. The first-order valence-corrected chi connectivity index (χ1v) is 19.1. The Morgan fingerprint density at radius 2 is 1.19 bits per heavy atom. The van der Waals surface area contributed by atoms with Crippen molar-refractivity contribution in [3.8, 4) is 22.3 Å². The van der Waals surface area contributed by atoms with E-state index in [0.717, 1.165) is 0 Å². The molecular formula is C48H39BN2S. The van der Waals surface area contributed by atoms with Crippen molar-refractivity contribution in [3.05, 3.63) is 173 Å². The molecule has 0 aromatic heterocycles. The molecule has 3 heterocycles. The molecule has 10 rings (SSSR count). The molecular weight excluding hydrogens is 647 g/mol. The highest BCUT2D eigenvalue weighted by atomic mass is 32.2. The smallest absolute Gasteiger partial charge is 0.333 e. The third-order valence-electron chi connectivity index (χ3n) is 11.7. The Balaban J connectivity index is 1.36. The topological polar surface area (TPSA) is 6.48 Å². The Bertz CT molecular complexity index is 2570. The maximum Gasteiger partial charge on any atom is 0.333 e. The highest BCUT2D eigenvalue weighted by Crippen LogP contribution is 2.55. The van der Waals surface area contributed by atoms with Gasteiger partial charge < -0.3 is 9.71 Å². The molecule has 7 aromatic rings. The van der Waals surface area contributed by atoms with E-state index in [0.29, 0.717) is 0 Å². The molecule has 7 aromatic carbocycles. The van der Waals surface area contributed by atoms with Crippen LogP contribution in [-0.2, 0) is 5.41 Å². The van der Waals surface area contributed by atoms with Crippen LogP contribution in [0.5, 0.6) is 0 Å². The molecule has 3 aliphatic heterocycles. The van der Waals surface area contributed by atoms with Gasteiger partial charge in [0.05, 0.1) is 0 Å². The van der Waals surface area contributed by atoms with Gasteiger partial charge in [0.15, 0.2) is 0 Å². The summed E-state index contributed by atoms with van der Waals surface area (Å²) < 4.78 is 0. The summed E-state index contributed by atoms with van der Waals surface area (Å²) in [6.45, 7) is 11.5. The van der Waals surface area contributed by atoms with Gasteiger partial charge in [-0.1, -0.05) is 117 Å². The van der Waals surface area contributed by atoms with Crippen LogP contribution < -0.4 is 20.6 Å². The summed E-state index contributed by atoms with van der Waals surface area (Å²) in [5.41, 5.74) is 20.5. The zero-order valence-corrected chi connectivity index (χ0v) is 31.1. The third kappa shape index (κ3) is 4.47. The molecule has 0 aliphatic carbocycles. The molecule has 0 atom stereocenters. The van der Waals surface area contributed by atoms with Crippen molar-refractivity contribution in [2.24, 2.45) is 0 Å². The zero-order valence-electron chi connectivity index (χ0n) is 30.2. The second kappa shape index (κ2) is 11.5. The first-order valence-electron chi connectivity index (χ1n) is 18.3. The van der Waals surface area contributed by atoms with Gasteiger partial charge in [-0.25, -0.2) is 0 Å². The van der Waals surface area contributed by atoms with Gasteiger partial charge >= 0.3 is 6.85 Å². The Labute approximate surface area is 311 Å². The van der Waals surface area contributed by atoms with Crippen LogP contribution in [0.25, 0.3) is 22.3 Å². The van der Waals surface area contributed by atoms with Gasteiger partial charge in [0.1, 0.15) is 0 Å². The lowest BCUT2D eigenvalue weighted by atomic mass is 9.43. The average Bonchev–Trinajstić information content (AvgIpc) is 3.15. The standard InChI is InChI=1S/C48H39BN2S/c1-30-16-9-12-23-40(30)51-42-29-45-38(48(4,5)37-21-10-14-25-44(37)52-45)28-35(42)36-26-33(46-31(2)17-15-18-32(46)3)27-43-47(36)49(51)39-22-11-13-24-41(39)50(43)34-19-7-6-8-20-34/h6-29H,1-5H3. The average molecular weight is 687 g/mol. The quantitative estimate of drug-likeness (QED) is 0.171. The van der Waals surface area contributed by atoms with Crippen molar-refractivity contribution in [3.63, 3.8) is 0 Å². The number of aryl methyl sites for hydroxylation is 3. The maximum atomic E-state index is 2.66. The van der Waals surface area contributed by atoms with Gasteiger partial charge in [-0.05, 0) is 131 Å². The van der Waals surface area contributed by atoms with E-state index in [1.54, 1.807) is 0 Å². The first-order chi connectivity index (χ1) is 25.3. The molecule has 3 aliphatic rings. The van der Waals surface area contributed by atoms with Gasteiger partial charge in [0.25, 0.3) is 0 Å². The SMILES string of the molecule is Cc1ccccc1N1B2c3ccccc3N(c3ccccc3)c3cc(-c4c(C)cccc4C)cc(c32)-c2cc3c(cc21)Sc1ccccc1C3(C)C. The van der Waals surface area contributed by atoms with E-state index >= 15 is 0 Å². The van der Waals surface area contributed by atoms with E-state index in [-0.39, 0.29) is 12.3 Å². The van der Waals surface area contributed by atoms with E-state index in [4.69, 9.17) is 0 Å². The number of anilines is 5. The van der Waals surface area contributed by atoms with Crippen LogP contribution in [0.1, 0.15) is 41.7 Å². The molecule has 0 amide bonds. The number of para-hydroxylation sites is 3. The fourth-order valence-corrected chi connectivity index (χ4v) is 10.6. The van der Waals surface area contributed by atoms with Crippen molar-refractivity contribution in [2.45, 2.75) is 49.8 Å². The summed E-state index contributed by atoms with van der Waals surface area (Å²) >= 11 is 1.92. The molecule has 0 N–H and O–H groups in total. The lowest BCUT2D eigenvalue weighted by molar-refractivity contribution is 0.607. The molecule has 0 saturated carbocycles. The normalized spacial score (nSPS) is 14.6. The van der Waals surface area contributed by atoms with Gasteiger partial charge in [0, 0.05) is 49.2 Å². The van der Waals surface area contributed by atoms with Gasteiger partial charge in [-0.15, -0.1) is 0 Å². The molecule has 0 unspecified atom stereocenters. The molecule has 4 heteroatoms. The largest absolute Gasteiger partial charge is 0.376 e. The lowest BCUT2D eigenvalue weighted by Crippen LogP contribution is -2.61. The predicted octanol–water partition coefficient (Wildman–Crippen LogP) is 11.8. The molecule has 0 spiro atoms. The van der Waals surface area contributed by atoms with Crippen molar-refractivity contribution >= 4 is 58.0 Å². The van der Waals surface area contributed by atoms with Crippen molar-refractivity contribution in [2.75, 3.05) is 9.71 Å². The Morgan fingerprint density at radius 3 is 1.98 bits per heavy atom. The number of rotatable bonds is 3. The van der Waals surface area contributed by atoms with E-state index in [2.05, 4.69) is 190 Å². The van der Waals surface area contributed by atoms with Gasteiger partial charge in [-0.2, -0.15) is 0 Å². The molecule has 52 heavy (non-hydrogen) atoms. The van der Waals surface area contributed by atoms with Gasteiger partial charge in [-0.3, -0.25) is 0 Å². The van der Waals surface area contributed by atoms with Crippen molar-refractivity contribution < 1.29 is 0 Å². The molecule has 0 bridgehead atoms. The Hall–Kier alpha value is -5.45. The van der Waals surface area contributed by atoms with Crippen LogP contribution in [-0.4, -0.2) is 6.85 Å². The molecule has 250 valence electrons.